The number of hydrogen-bond acceptors (Lipinski definition) is 2. The van der Waals surface area contributed by atoms with E-state index in [4.69, 9.17) is 5.11 Å². The molecule has 0 radical (unpaired) electrons. The van der Waals surface area contributed by atoms with Crippen LogP contribution in [-0.4, -0.2) is 28.6 Å². The monoisotopic (exact) mass is 303 g/mol. The van der Waals surface area contributed by atoms with Gasteiger partial charge in [-0.05, 0) is 31.0 Å². The van der Waals surface area contributed by atoms with Gasteiger partial charge in [0.05, 0.1) is 0 Å². The van der Waals surface area contributed by atoms with Crippen LogP contribution in [0.25, 0.3) is 0 Å². The molecule has 1 unspecified atom stereocenters. The van der Waals surface area contributed by atoms with Crippen molar-refractivity contribution < 1.29 is 27.9 Å². The minimum Gasteiger partial charge on any atom is -0.477 e. The van der Waals surface area contributed by atoms with Gasteiger partial charge in [-0.1, -0.05) is 25.5 Å². The lowest BCUT2D eigenvalue weighted by Crippen LogP contribution is -2.55. The molecule has 0 fully saturated rings. The van der Waals surface area contributed by atoms with Crippen LogP contribution in [0.1, 0.15) is 25.8 Å². The first-order chi connectivity index (χ1) is 9.62. The molecule has 0 aliphatic heterocycles. The van der Waals surface area contributed by atoms with E-state index in [0.717, 1.165) is 18.4 Å². The lowest BCUT2D eigenvalue weighted by molar-refractivity contribution is -0.190. The molecule has 0 saturated carbocycles. The molecule has 7 heteroatoms. The Labute approximate surface area is 120 Å². The second-order valence-electron chi connectivity index (χ2n) is 4.78. The number of alkyl halides is 3. The van der Waals surface area contributed by atoms with Gasteiger partial charge in [0, 0.05) is 5.69 Å². The van der Waals surface area contributed by atoms with Crippen LogP contribution in [0, 0.1) is 0 Å². The second kappa shape index (κ2) is 6.15. The van der Waals surface area contributed by atoms with Crippen molar-refractivity contribution in [3.8, 4) is 0 Å². The predicted octanol–water partition coefficient (Wildman–Crippen LogP) is 3.03. The fourth-order valence-corrected chi connectivity index (χ4v) is 1.64. The van der Waals surface area contributed by atoms with Crippen molar-refractivity contribution in [2.75, 3.05) is 5.32 Å². The third kappa shape index (κ3) is 3.53. The highest BCUT2D eigenvalue weighted by Crippen LogP contribution is 2.33. The zero-order valence-electron chi connectivity index (χ0n) is 11.6. The summed E-state index contributed by atoms with van der Waals surface area (Å²) in [6, 6.07) is 6.23. The Hall–Kier alpha value is -2.05. The van der Waals surface area contributed by atoms with Crippen LogP contribution in [0.4, 0.5) is 18.9 Å². The maximum absolute atomic E-state index is 13.9. The Morgan fingerprint density at radius 1 is 1.19 bits per heavy atom. The molecule has 1 rings (SSSR count). The van der Waals surface area contributed by atoms with E-state index in [9.17, 15) is 22.8 Å². The van der Waals surface area contributed by atoms with Gasteiger partial charge in [0.2, 0.25) is 0 Å². The van der Waals surface area contributed by atoms with Gasteiger partial charge in [0.25, 0.3) is 11.6 Å². The molecule has 1 atom stereocenters. The Morgan fingerprint density at radius 3 is 2.14 bits per heavy atom. The van der Waals surface area contributed by atoms with Crippen molar-refractivity contribution in [2.45, 2.75) is 38.3 Å². The molecule has 1 aromatic rings. The smallest absolute Gasteiger partial charge is 0.384 e. The summed E-state index contributed by atoms with van der Waals surface area (Å²) in [5.74, 6) is -9.22. The van der Waals surface area contributed by atoms with Crippen LogP contribution in [0.15, 0.2) is 24.3 Å². The third-order valence-corrected chi connectivity index (χ3v) is 3.04. The van der Waals surface area contributed by atoms with Gasteiger partial charge in [0.15, 0.2) is 0 Å². The number of carbonyl (C=O) groups is 2. The minimum atomic E-state index is -4.82. The van der Waals surface area contributed by atoms with E-state index in [2.05, 4.69) is 0 Å². The highest BCUT2D eigenvalue weighted by Gasteiger charge is 2.62. The number of carbonyl (C=O) groups excluding carboxylic acids is 1. The van der Waals surface area contributed by atoms with Crippen LogP contribution in [-0.2, 0) is 16.0 Å². The number of rotatable bonds is 6. The van der Waals surface area contributed by atoms with Gasteiger partial charge in [-0.25, -0.2) is 9.18 Å². The van der Waals surface area contributed by atoms with Gasteiger partial charge in [-0.3, -0.25) is 4.79 Å². The molecule has 0 aliphatic rings. The first-order valence-electron chi connectivity index (χ1n) is 6.33. The first kappa shape index (κ1) is 17.0. The Morgan fingerprint density at radius 2 is 1.71 bits per heavy atom. The van der Waals surface area contributed by atoms with Crippen molar-refractivity contribution >= 4 is 17.6 Å². The zero-order valence-corrected chi connectivity index (χ0v) is 11.6. The molecule has 4 nitrogen and oxygen atoms in total. The average molecular weight is 303 g/mol. The van der Waals surface area contributed by atoms with E-state index in [1.165, 1.54) is 12.1 Å². The summed E-state index contributed by atoms with van der Waals surface area (Å²) in [7, 11) is 0. The number of halogens is 3. The first-order valence-corrected chi connectivity index (χ1v) is 6.33. The van der Waals surface area contributed by atoms with Crippen LogP contribution in [0.3, 0.4) is 0 Å². The van der Waals surface area contributed by atoms with Crippen LogP contribution >= 0.6 is 0 Å². The number of benzene rings is 1. The summed E-state index contributed by atoms with van der Waals surface area (Å²) in [6.45, 7) is 2.22. The number of amides is 1. The van der Waals surface area contributed by atoms with E-state index in [1.54, 1.807) is 12.1 Å². The fourth-order valence-electron chi connectivity index (χ4n) is 1.64. The largest absolute Gasteiger partial charge is 0.477 e. The standard InChI is InChI=1S/C14H16F3NO3/c1-3-4-9-5-7-10(8-6-9)18-11(19)13(2,15)14(16,17)12(20)21/h5-8H,3-4H2,1-2H3,(H,18,19)(H,20,21). The number of aryl methyl sites for hydroxylation is 1. The Bertz CT molecular complexity index is 527. The van der Waals surface area contributed by atoms with E-state index < -0.39 is 23.5 Å². The molecule has 1 aromatic carbocycles. The van der Waals surface area contributed by atoms with E-state index >= 15 is 0 Å². The van der Waals surface area contributed by atoms with Crippen molar-refractivity contribution in [3.05, 3.63) is 29.8 Å². The predicted molar refractivity (Wildman–Crippen MR) is 71.2 cm³/mol. The van der Waals surface area contributed by atoms with Gasteiger partial charge in [-0.2, -0.15) is 8.78 Å². The molecule has 0 aromatic heterocycles. The third-order valence-electron chi connectivity index (χ3n) is 3.04. The molecule has 21 heavy (non-hydrogen) atoms. The maximum atomic E-state index is 13.9. The summed E-state index contributed by atoms with van der Waals surface area (Å²) in [5, 5.41) is 10.3. The SMILES string of the molecule is CCCc1ccc(NC(=O)C(C)(F)C(F)(F)C(=O)O)cc1. The summed E-state index contributed by atoms with van der Waals surface area (Å²) >= 11 is 0. The van der Waals surface area contributed by atoms with Gasteiger partial charge >= 0.3 is 11.9 Å². The highest BCUT2D eigenvalue weighted by atomic mass is 19.3. The van der Waals surface area contributed by atoms with E-state index in [-0.39, 0.29) is 12.6 Å². The maximum Gasteiger partial charge on any atom is 0.384 e. The quantitative estimate of drug-likeness (QED) is 0.849. The number of anilines is 1. The number of aliphatic carboxylic acids is 1. The lowest BCUT2D eigenvalue weighted by Gasteiger charge is -2.25. The van der Waals surface area contributed by atoms with E-state index in [1.807, 2.05) is 12.2 Å². The average Bonchev–Trinajstić information content (AvgIpc) is 2.40. The number of hydrogen-bond donors (Lipinski definition) is 2. The van der Waals surface area contributed by atoms with E-state index in [0.29, 0.717) is 0 Å². The lowest BCUT2D eigenvalue weighted by atomic mass is 9.99. The highest BCUT2D eigenvalue weighted by molar-refractivity contribution is 6.01. The van der Waals surface area contributed by atoms with Crippen LogP contribution < -0.4 is 5.32 Å². The summed E-state index contributed by atoms with van der Waals surface area (Å²) in [6.07, 6.45) is 1.73. The summed E-state index contributed by atoms with van der Waals surface area (Å²) < 4.78 is 40.3. The molecule has 1 amide bonds. The molecular weight excluding hydrogens is 287 g/mol. The van der Waals surface area contributed by atoms with Crippen molar-refractivity contribution in [2.24, 2.45) is 0 Å². The van der Waals surface area contributed by atoms with Gasteiger partial charge in [-0.15, -0.1) is 0 Å². The number of nitrogens with one attached hydrogen (secondary N) is 1. The Balaban J connectivity index is 2.87. The van der Waals surface area contributed by atoms with Gasteiger partial charge in [0.1, 0.15) is 0 Å². The molecule has 0 aliphatic carbocycles. The Kier molecular flexibility index (Phi) is 4.98. The molecule has 0 saturated heterocycles. The minimum absolute atomic E-state index is 0.116. The zero-order chi connectivity index (χ0) is 16.3. The molecule has 0 heterocycles. The fraction of sp³-hybridized carbons (Fsp3) is 0.429. The summed E-state index contributed by atoms with van der Waals surface area (Å²) in [5.41, 5.74) is -2.76. The topological polar surface area (TPSA) is 66.4 Å². The molecule has 0 spiro atoms. The van der Waals surface area contributed by atoms with Crippen molar-refractivity contribution in [1.29, 1.82) is 0 Å². The van der Waals surface area contributed by atoms with Crippen molar-refractivity contribution in [3.63, 3.8) is 0 Å². The second-order valence-corrected chi connectivity index (χ2v) is 4.78. The molecule has 116 valence electrons. The molecule has 2 N–H and O–H groups in total. The number of carboxylic acid groups (broad SMARTS) is 1. The van der Waals surface area contributed by atoms with Crippen LogP contribution in [0.2, 0.25) is 0 Å². The molecule has 0 bridgehead atoms. The number of carboxylic acids is 1. The summed E-state index contributed by atoms with van der Waals surface area (Å²) in [4.78, 5) is 21.9. The normalized spacial score (nSPS) is 14.3. The van der Waals surface area contributed by atoms with Gasteiger partial charge < -0.3 is 10.4 Å². The van der Waals surface area contributed by atoms with Crippen molar-refractivity contribution in [1.82, 2.24) is 0 Å². The molecular formula is C14H16F3NO3. The van der Waals surface area contributed by atoms with Crippen LogP contribution in [0.5, 0.6) is 0 Å².